The van der Waals surface area contributed by atoms with Crippen molar-refractivity contribution in [1.29, 1.82) is 0 Å². The van der Waals surface area contributed by atoms with Crippen LogP contribution in [0.2, 0.25) is 0 Å². The smallest absolute Gasteiger partial charge is 0.246 e. The largest absolute Gasteiger partial charge is 0.497 e. The maximum Gasteiger partial charge on any atom is 0.246 e. The summed E-state index contributed by atoms with van der Waals surface area (Å²) in [7, 11) is -1.22. The lowest BCUT2D eigenvalue weighted by molar-refractivity contribution is -0.127. The Kier molecular flexibility index (Phi) is 5.61. The zero-order valence-electron chi connectivity index (χ0n) is 16.6. The summed E-state index contributed by atoms with van der Waals surface area (Å²) in [6.07, 6.45) is 4.19. The van der Waals surface area contributed by atoms with Gasteiger partial charge in [0, 0.05) is 38.3 Å². The number of carbonyl (C=O) groups is 1. The molecule has 0 spiro atoms. The molecule has 29 heavy (non-hydrogen) atoms. The highest BCUT2D eigenvalue weighted by molar-refractivity contribution is 7.91. The number of carbonyl (C=O) groups excluding carboxylic acids is 1. The molecule has 7 heteroatoms. The van der Waals surface area contributed by atoms with Gasteiger partial charge in [-0.2, -0.15) is 0 Å². The number of amides is 1. The summed E-state index contributed by atoms with van der Waals surface area (Å²) in [5, 5.41) is 2.19. The minimum absolute atomic E-state index is 0.00137. The Labute approximate surface area is 171 Å². The van der Waals surface area contributed by atoms with E-state index in [9.17, 15) is 13.2 Å². The first kappa shape index (κ1) is 19.9. The number of methoxy groups -OCH3 is 1. The first-order valence-corrected chi connectivity index (χ1v) is 11.7. The third-order valence-electron chi connectivity index (χ3n) is 5.84. The highest BCUT2D eigenvalue weighted by atomic mass is 32.2. The molecule has 2 aromatic rings. The molecule has 0 saturated carbocycles. The number of sulfone groups is 1. The van der Waals surface area contributed by atoms with E-state index >= 15 is 0 Å². The van der Waals surface area contributed by atoms with Crippen LogP contribution in [0.5, 0.6) is 5.75 Å². The van der Waals surface area contributed by atoms with Crippen LogP contribution < -0.4 is 4.74 Å². The van der Waals surface area contributed by atoms with Crippen molar-refractivity contribution in [2.45, 2.75) is 12.5 Å². The lowest BCUT2D eigenvalue weighted by atomic mass is 10.1. The maximum atomic E-state index is 12.6. The van der Waals surface area contributed by atoms with E-state index in [-0.39, 0.29) is 23.5 Å². The average Bonchev–Trinajstić information content (AvgIpc) is 3.11. The number of rotatable bonds is 4. The third-order valence-corrected chi connectivity index (χ3v) is 7.59. The summed E-state index contributed by atoms with van der Waals surface area (Å²) in [5.41, 5.74) is 0.978. The van der Waals surface area contributed by atoms with Gasteiger partial charge in [0.15, 0.2) is 9.84 Å². The van der Waals surface area contributed by atoms with E-state index in [1.165, 1.54) is 0 Å². The van der Waals surface area contributed by atoms with Crippen LogP contribution in [0.25, 0.3) is 16.8 Å². The van der Waals surface area contributed by atoms with Crippen molar-refractivity contribution < 1.29 is 17.9 Å². The van der Waals surface area contributed by atoms with Gasteiger partial charge in [-0.25, -0.2) is 8.42 Å². The quantitative estimate of drug-likeness (QED) is 0.718. The Morgan fingerprint density at radius 3 is 2.48 bits per heavy atom. The second kappa shape index (κ2) is 8.16. The Morgan fingerprint density at radius 2 is 1.79 bits per heavy atom. The summed E-state index contributed by atoms with van der Waals surface area (Å²) >= 11 is 0. The Hall–Kier alpha value is -2.38. The van der Waals surface area contributed by atoms with Gasteiger partial charge in [-0.3, -0.25) is 9.69 Å². The highest BCUT2D eigenvalue weighted by Gasteiger charge is 2.34. The van der Waals surface area contributed by atoms with Crippen LogP contribution in [0, 0.1) is 0 Å². The van der Waals surface area contributed by atoms with Crippen LogP contribution in [-0.2, 0) is 14.6 Å². The molecule has 0 aromatic heterocycles. The van der Waals surface area contributed by atoms with Crippen LogP contribution in [0.1, 0.15) is 12.0 Å². The maximum absolute atomic E-state index is 12.6. The van der Waals surface area contributed by atoms with E-state index in [1.807, 2.05) is 41.3 Å². The van der Waals surface area contributed by atoms with Crippen molar-refractivity contribution in [2.24, 2.45) is 0 Å². The lowest BCUT2D eigenvalue weighted by Gasteiger charge is -2.37. The van der Waals surface area contributed by atoms with Crippen LogP contribution >= 0.6 is 0 Å². The molecule has 2 aliphatic rings. The van der Waals surface area contributed by atoms with Gasteiger partial charge in [0.05, 0.1) is 18.6 Å². The van der Waals surface area contributed by atoms with E-state index in [0.717, 1.165) is 35.2 Å². The summed E-state index contributed by atoms with van der Waals surface area (Å²) in [5.74, 6) is 1.37. The Balaban J connectivity index is 1.35. The number of fused-ring (bicyclic) bond motifs is 1. The van der Waals surface area contributed by atoms with E-state index in [2.05, 4.69) is 11.0 Å². The van der Waals surface area contributed by atoms with Gasteiger partial charge in [-0.05, 0) is 47.0 Å². The predicted octanol–water partition coefficient (Wildman–Crippen LogP) is 2.19. The second-order valence-electron chi connectivity index (χ2n) is 7.72. The second-order valence-corrected chi connectivity index (χ2v) is 9.95. The number of nitrogens with zero attached hydrogens (tertiary/aromatic N) is 2. The molecule has 2 fully saturated rings. The standard InChI is InChI=1S/C22H26N2O4S/c1-28-21-6-5-18-14-17(2-4-19(18)15-21)3-7-22(25)24-11-9-23(10-12-24)20-8-13-29(26,27)16-20/h2-7,14-15,20H,8-13,16H2,1H3/b7-3+/t20-/m1/s1. The molecule has 2 saturated heterocycles. The van der Waals surface area contributed by atoms with Gasteiger partial charge < -0.3 is 9.64 Å². The number of piperazine rings is 1. The van der Waals surface area contributed by atoms with Crippen molar-refractivity contribution >= 4 is 32.6 Å². The van der Waals surface area contributed by atoms with Crippen LogP contribution in [0.3, 0.4) is 0 Å². The van der Waals surface area contributed by atoms with Crippen LogP contribution in [-0.4, -0.2) is 75.0 Å². The van der Waals surface area contributed by atoms with Gasteiger partial charge >= 0.3 is 0 Å². The molecule has 0 aliphatic carbocycles. The first-order chi connectivity index (χ1) is 13.9. The predicted molar refractivity (Wildman–Crippen MR) is 115 cm³/mol. The molecule has 1 atom stereocenters. The van der Waals surface area contributed by atoms with Gasteiger partial charge in [-0.15, -0.1) is 0 Å². The van der Waals surface area contributed by atoms with Crippen molar-refractivity contribution in [3.63, 3.8) is 0 Å². The molecular weight excluding hydrogens is 388 g/mol. The minimum Gasteiger partial charge on any atom is -0.497 e. The van der Waals surface area contributed by atoms with E-state index in [4.69, 9.17) is 4.74 Å². The SMILES string of the molecule is COc1ccc2cc(/C=C/C(=O)N3CCN([C@@H]4CCS(=O)(=O)C4)CC3)ccc2c1. The molecule has 154 valence electrons. The van der Waals surface area contributed by atoms with Gasteiger partial charge in [-0.1, -0.05) is 18.2 Å². The molecule has 1 amide bonds. The monoisotopic (exact) mass is 414 g/mol. The number of benzene rings is 2. The Bertz CT molecular complexity index is 1040. The van der Waals surface area contributed by atoms with Gasteiger partial charge in [0.2, 0.25) is 5.91 Å². The number of ether oxygens (including phenoxy) is 1. The summed E-state index contributed by atoms with van der Waals surface area (Å²) < 4.78 is 28.6. The van der Waals surface area contributed by atoms with E-state index < -0.39 is 9.84 Å². The number of hydrogen-bond acceptors (Lipinski definition) is 5. The molecule has 4 rings (SSSR count). The molecule has 0 N–H and O–H groups in total. The topological polar surface area (TPSA) is 66.9 Å². The first-order valence-electron chi connectivity index (χ1n) is 9.93. The van der Waals surface area contributed by atoms with Crippen molar-refractivity contribution in [1.82, 2.24) is 9.80 Å². The fourth-order valence-corrected chi connectivity index (χ4v) is 5.88. The summed E-state index contributed by atoms with van der Waals surface area (Å²) in [6, 6.07) is 12.1. The minimum atomic E-state index is -2.87. The van der Waals surface area contributed by atoms with Gasteiger partial charge in [0.25, 0.3) is 0 Å². The fraction of sp³-hybridized carbons (Fsp3) is 0.409. The molecule has 0 unspecified atom stereocenters. The molecule has 2 aliphatic heterocycles. The normalized spacial score (nSPS) is 22.4. The van der Waals surface area contributed by atoms with E-state index in [1.54, 1.807) is 13.2 Å². The lowest BCUT2D eigenvalue weighted by Crippen LogP contribution is -2.52. The fourth-order valence-electron chi connectivity index (χ4n) is 4.12. The third kappa shape index (κ3) is 4.62. The van der Waals surface area contributed by atoms with Crippen molar-refractivity contribution in [2.75, 3.05) is 44.8 Å². The summed E-state index contributed by atoms with van der Waals surface area (Å²) in [6.45, 7) is 2.74. The van der Waals surface area contributed by atoms with E-state index in [0.29, 0.717) is 19.5 Å². The number of hydrogen-bond donors (Lipinski definition) is 0. The molecule has 6 nitrogen and oxygen atoms in total. The Morgan fingerprint density at radius 1 is 1.07 bits per heavy atom. The molecular formula is C22H26N2O4S. The average molecular weight is 415 g/mol. The zero-order valence-corrected chi connectivity index (χ0v) is 17.4. The molecule has 2 aromatic carbocycles. The molecule has 0 radical (unpaired) electrons. The van der Waals surface area contributed by atoms with Crippen molar-refractivity contribution in [3.8, 4) is 5.75 Å². The molecule has 2 heterocycles. The van der Waals surface area contributed by atoms with Crippen molar-refractivity contribution in [3.05, 3.63) is 48.0 Å². The van der Waals surface area contributed by atoms with Gasteiger partial charge in [0.1, 0.15) is 5.75 Å². The molecule has 0 bridgehead atoms. The zero-order chi connectivity index (χ0) is 20.4. The van der Waals surface area contributed by atoms with Crippen LogP contribution in [0.4, 0.5) is 0 Å². The summed E-state index contributed by atoms with van der Waals surface area (Å²) in [4.78, 5) is 16.6. The van der Waals surface area contributed by atoms with Crippen LogP contribution in [0.15, 0.2) is 42.5 Å². The highest BCUT2D eigenvalue weighted by Crippen LogP contribution is 2.23.